The van der Waals surface area contributed by atoms with Crippen molar-refractivity contribution in [3.63, 3.8) is 0 Å². The van der Waals surface area contributed by atoms with Crippen LogP contribution in [-0.4, -0.2) is 40.7 Å². The maximum absolute atomic E-state index is 14.1. The zero-order chi connectivity index (χ0) is 23.8. The van der Waals surface area contributed by atoms with Crippen molar-refractivity contribution < 1.29 is 27.6 Å². The number of hydrogen-bond donors (Lipinski definition) is 2. The normalized spacial score (nSPS) is 20.5. The monoisotopic (exact) mass is 480 g/mol. The van der Waals surface area contributed by atoms with Crippen molar-refractivity contribution in [3.8, 4) is 0 Å². The molecule has 174 valence electrons. The lowest BCUT2D eigenvalue weighted by Crippen LogP contribution is -2.55. The van der Waals surface area contributed by atoms with Gasteiger partial charge in [-0.3, -0.25) is 24.3 Å². The maximum atomic E-state index is 14.1. The molecule has 0 unspecified atom stereocenters. The summed E-state index contributed by atoms with van der Waals surface area (Å²) in [6, 6.07) is 4.12. The van der Waals surface area contributed by atoms with Crippen LogP contribution in [0.1, 0.15) is 37.3 Å². The molecule has 3 amide bonds. The Labute approximate surface area is 192 Å². The SMILES string of the molecule is O=C1CC[C@H](C(=O)N(c2cncc(F)c2)[C@H](C(=O)NC2CC(F)(F)C2)c2ccccc2Cl)N1. The van der Waals surface area contributed by atoms with E-state index in [-0.39, 0.29) is 35.0 Å². The average Bonchev–Trinajstić information content (AvgIpc) is 3.17. The fraction of sp³-hybridized carbons (Fsp3) is 0.364. The molecule has 4 rings (SSSR count). The Morgan fingerprint density at radius 1 is 1.24 bits per heavy atom. The molecule has 11 heteroatoms. The molecule has 1 aromatic carbocycles. The number of nitrogens with one attached hydrogen (secondary N) is 2. The molecule has 2 heterocycles. The predicted octanol–water partition coefficient (Wildman–Crippen LogP) is 3.14. The summed E-state index contributed by atoms with van der Waals surface area (Å²) in [5, 5.41) is 5.24. The number of hydrogen-bond acceptors (Lipinski definition) is 4. The fourth-order valence-electron chi connectivity index (χ4n) is 4.04. The number of anilines is 1. The number of benzene rings is 1. The van der Waals surface area contributed by atoms with Crippen LogP contribution >= 0.6 is 11.6 Å². The number of pyridine rings is 1. The highest BCUT2D eigenvalue weighted by Crippen LogP contribution is 2.39. The molecule has 2 fully saturated rings. The average molecular weight is 481 g/mol. The highest BCUT2D eigenvalue weighted by molar-refractivity contribution is 6.31. The highest BCUT2D eigenvalue weighted by atomic mass is 35.5. The Balaban J connectivity index is 1.77. The zero-order valence-corrected chi connectivity index (χ0v) is 18.0. The van der Waals surface area contributed by atoms with Crippen molar-refractivity contribution >= 4 is 35.0 Å². The maximum Gasteiger partial charge on any atom is 0.252 e. The molecule has 2 N–H and O–H groups in total. The molecule has 33 heavy (non-hydrogen) atoms. The van der Waals surface area contributed by atoms with Crippen LogP contribution in [0, 0.1) is 5.82 Å². The third-order valence-electron chi connectivity index (χ3n) is 5.64. The molecule has 7 nitrogen and oxygen atoms in total. The van der Waals surface area contributed by atoms with E-state index in [0.717, 1.165) is 17.2 Å². The molecule has 1 aromatic heterocycles. The van der Waals surface area contributed by atoms with Gasteiger partial charge in [-0.1, -0.05) is 29.8 Å². The first kappa shape index (κ1) is 23.0. The number of carbonyl (C=O) groups excluding carboxylic acids is 3. The minimum Gasteiger partial charge on any atom is -0.351 e. The van der Waals surface area contributed by atoms with E-state index in [1.165, 1.54) is 18.3 Å². The van der Waals surface area contributed by atoms with Gasteiger partial charge in [0.25, 0.3) is 11.8 Å². The number of rotatable bonds is 6. The molecule has 0 spiro atoms. The van der Waals surface area contributed by atoms with Gasteiger partial charge >= 0.3 is 0 Å². The molecule has 0 bridgehead atoms. The van der Waals surface area contributed by atoms with Gasteiger partial charge < -0.3 is 10.6 Å². The van der Waals surface area contributed by atoms with E-state index < -0.39 is 54.5 Å². The molecule has 2 atom stereocenters. The summed E-state index contributed by atoms with van der Waals surface area (Å²) in [7, 11) is 0. The van der Waals surface area contributed by atoms with Gasteiger partial charge in [0.1, 0.15) is 17.9 Å². The Morgan fingerprint density at radius 3 is 2.58 bits per heavy atom. The lowest BCUT2D eigenvalue weighted by Gasteiger charge is -2.38. The van der Waals surface area contributed by atoms with Gasteiger partial charge in [0.15, 0.2) is 0 Å². The number of halogens is 4. The van der Waals surface area contributed by atoms with Gasteiger partial charge in [-0.2, -0.15) is 0 Å². The van der Waals surface area contributed by atoms with E-state index in [2.05, 4.69) is 15.6 Å². The lowest BCUT2D eigenvalue weighted by molar-refractivity contribution is -0.133. The summed E-state index contributed by atoms with van der Waals surface area (Å²) < 4.78 is 40.7. The molecular weight excluding hydrogens is 461 g/mol. The van der Waals surface area contributed by atoms with Crippen molar-refractivity contribution in [3.05, 3.63) is 59.1 Å². The van der Waals surface area contributed by atoms with Crippen LogP contribution in [-0.2, 0) is 14.4 Å². The van der Waals surface area contributed by atoms with Crippen molar-refractivity contribution in [2.45, 2.75) is 49.7 Å². The van der Waals surface area contributed by atoms with Crippen LogP contribution < -0.4 is 15.5 Å². The first-order valence-corrected chi connectivity index (χ1v) is 10.7. The first-order valence-electron chi connectivity index (χ1n) is 10.3. The molecule has 0 radical (unpaired) electrons. The van der Waals surface area contributed by atoms with Gasteiger partial charge in [0, 0.05) is 42.0 Å². The van der Waals surface area contributed by atoms with Gasteiger partial charge in [0.05, 0.1) is 18.1 Å². The molecule has 1 aliphatic heterocycles. The summed E-state index contributed by atoms with van der Waals surface area (Å²) in [5.74, 6) is -5.38. The van der Waals surface area contributed by atoms with Gasteiger partial charge in [-0.15, -0.1) is 0 Å². The van der Waals surface area contributed by atoms with Crippen molar-refractivity contribution in [2.24, 2.45) is 0 Å². The second-order valence-electron chi connectivity index (χ2n) is 8.12. The Morgan fingerprint density at radius 2 is 1.97 bits per heavy atom. The second kappa shape index (κ2) is 9.01. The van der Waals surface area contributed by atoms with Crippen LogP contribution in [0.2, 0.25) is 5.02 Å². The van der Waals surface area contributed by atoms with Crippen molar-refractivity contribution in [1.82, 2.24) is 15.6 Å². The summed E-state index contributed by atoms with van der Waals surface area (Å²) in [5.41, 5.74) is 0.171. The van der Waals surface area contributed by atoms with E-state index in [0.29, 0.717) is 0 Å². The molecule has 1 saturated carbocycles. The van der Waals surface area contributed by atoms with Crippen molar-refractivity contribution in [2.75, 3.05) is 4.90 Å². The highest BCUT2D eigenvalue weighted by Gasteiger charge is 2.47. The largest absolute Gasteiger partial charge is 0.351 e. The van der Waals surface area contributed by atoms with Crippen LogP contribution in [0.3, 0.4) is 0 Å². The number of carbonyl (C=O) groups is 3. The molecule has 2 aliphatic rings. The molecule has 2 aromatic rings. The molecule has 1 aliphatic carbocycles. The molecular formula is C22H20ClF3N4O3. The zero-order valence-electron chi connectivity index (χ0n) is 17.2. The van der Waals surface area contributed by atoms with E-state index in [1.54, 1.807) is 12.1 Å². The summed E-state index contributed by atoms with van der Waals surface area (Å²) in [4.78, 5) is 43.4. The summed E-state index contributed by atoms with van der Waals surface area (Å²) in [6.45, 7) is 0. The second-order valence-corrected chi connectivity index (χ2v) is 8.53. The minimum atomic E-state index is -2.87. The van der Waals surface area contributed by atoms with Gasteiger partial charge in [0.2, 0.25) is 11.8 Å². The molecule has 1 saturated heterocycles. The van der Waals surface area contributed by atoms with E-state index in [1.807, 2.05) is 0 Å². The number of alkyl halides is 2. The van der Waals surface area contributed by atoms with Crippen LogP contribution in [0.5, 0.6) is 0 Å². The summed E-state index contributed by atoms with van der Waals surface area (Å²) >= 11 is 6.35. The number of nitrogens with zero attached hydrogens (tertiary/aromatic N) is 2. The van der Waals surface area contributed by atoms with Crippen molar-refractivity contribution in [1.29, 1.82) is 0 Å². The topological polar surface area (TPSA) is 91.4 Å². The Hall–Kier alpha value is -3.14. The lowest BCUT2D eigenvalue weighted by atomic mass is 9.87. The smallest absolute Gasteiger partial charge is 0.252 e. The standard InChI is InChI=1S/C22H20ClF3N4O3/c23-16-4-2-1-3-15(16)19(20(32)28-13-8-22(25,26)9-13)30(14-7-12(24)10-27-11-14)21(33)17-5-6-18(31)29-17/h1-4,7,10-11,13,17,19H,5-6,8-9H2,(H,28,32)(H,29,31)/t17-,19+/m1/s1. The Kier molecular flexibility index (Phi) is 6.29. The van der Waals surface area contributed by atoms with Gasteiger partial charge in [-0.25, -0.2) is 13.2 Å². The Bertz CT molecular complexity index is 1090. The quantitative estimate of drug-likeness (QED) is 0.664. The van der Waals surface area contributed by atoms with Crippen LogP contribution in [0.15, 0.2) is 42.7 Å². The first-order chi connectivity index (χ1) is 15.6. The van der Waals surface area contributed by atoms with E-state index in [9.17, 15) is 27.6 Å². The van der Waals surface area contributed by atoms with Crippen LogP contribution in [0.25, 0.3) is 0 Å². The predicted molar refractivity (Wildman–Crippen MR) is 113 cm³/mol. The van der Waals surface area contributed by atoms with E-state index >= 15 is 0 Å². The third kappa shape index (κ3) is 4.95. The number of aromatic nitrogens is 1. The number of amides is 3. The van der Waals surface area contributed by atoms with E-state index in [4.69, 9.17) is 11.6 Å². The van der Waals surface area contributed by atoms with Gasteiger partial charge in [-0.05, 0) is 12.5 Å². The van der Waals surface area contributed by atoms with Crippen LogP contribution in [0.4, 0.5) is 18.9 Å². The summed E-state index contributed by atoms with van der Waals surface area (Å²) in [6.07, 6.45) is 1.38. The third-order valence-corrected chi connectivity index (χ3v) is 5.99. The minimum absolute atomic E-state index is 0.0415. The fourth-order valence-corrected chi connectivity index (χ4v) is 4.28.